The van der Waals surface area contributed by atoms with Crippen molar-refractivity contribution in [2.75, 3.05) is 26.7 Å². The standard InChI is InChI=1S/C22H34N4O3S2/c1-6-7-12-24(4)31(28,29)19-15-18(25(5)17(19)3)21-23-16(2)20(30-21)22(27)26-13-10-8-9-11-14-26/h15H,6-14H2,1-5H3. The summed E-state index contributed by atoms with van der Waals surface area (Å²) in [7, 11) is -0.101. The minimum atomic E-state index is -3.58. The van der Waals surface area contributed by atoms with Gasteiger partial charge in [-0.15, -0.1) is 11.3 Å². The third kappa shape index (κ3) is 4.88. The van der Waals surface area contributed by atoms with Crippen molar-refractivity contribution < 1.29 is 13.2 Å². The van der Waals surface area contributed by atoms with Gasteiger partial charge in [0.05, 0.1) is 11.4 Å². The van der Waals surface area contributed by atoms with E-state index in [2.05, 4.69) is 4.98 Å². The van der Waals surface area contributed by atoms with Crippen molar-refractivity contribution in [1.82, 2.24) is 18.8 Å². The Morgan fingerprint density at radius 1 is 1.19 bits per heavy atom. The Morgan fingerprint density at radius 2 is 1.84 bits per heavy atom. The maximum atomic E-state index is 13.1. The highest BCUT2D eigenvalue weighted by atomic mass is 32.2. The molecule has 1 fully saturated rings. The molecular weight excluding hydrogens is 432 g/mol. The number of carbonyl (C=O) groups excluding carboxylic acids is 1. The van der Waals surface area contributed by atoms with E-state index in [1.165, 1.54) is 28.5 Å². The number of nitrogens with zero attached hydrogens (tertiary/aromatic N) is 4. The van der Waals surface area contributed by atoms with Crippen LogP contribution in [0.4, 0.5) is 0 Å². The lowest BCUT2D eigenvalue weighted by atomic mass is 10.2. The second-order valence-electron chi connectivity index (χ2n) is 8.36. The number of aromatic nitrogens is 2. The molecule has 0 aliphatic carbocycles. The molecule has 31 heavy (non-hydrogen) atoms. The molecule has 1 amide bonds. The van der Waals surface area contributed by atoms with Crippen molar-refractivity contribution in [3.8, 4) is 10.7 Å². The molecule has 7 nitrogen and oxygen atoms in total. The van der Waals surface area contributed by atoms with Gasteiger partial charge in [0.25, 0.3) is 5.91 Å². The highest BCUT2D eigenvalue weighted by Gasteiger charge is 2.28. The van der Waals surface area contributed by atoms with Gasteiger partial charge >= 0.3 is 0 Å². The Bertz CT molecular complexity index is 1030. The molecule has 1 aliphatic heterocycles. The Labute approximate surface area is 190 Å². The lowest BCUT2D eigenvalue weighted by Gasteiger charge is -2.19. The van der Waals surface area contributed by atoms with Crippen molar-refractivity contribution in [3.05, 3.63) is 22.3 Å². The van der Waals surface area contributed by atoms with Crippen LogP contribution in [-0.4, -0.2) is 59.8 Å². The molecule has 2 aromatic heterocycles. The predicted molar refractivity (Wildman–Crippen MR) is 125 cm³/mol. The summed E-state index contributed by atoms with van der Waals surface area (Å²) in [5, 5.41) is 0.680. The molecule has 0 unspecified atom stereocenters. The molecule has 0 radical (unpaired) electrons. The van der Waals surface area contributed by atoms with Crippen LogP contribution >= 0.6 is 11.3 Å². The van der Waals surface area contributed by atoms with Gasteiger partial charge in [-0.3, -0.25) is 4.79 Å². The fourth-order valence-electron chi connectivity index (χ4n) is 3.93. The van der Waals surface area contributed by atoms with Crippen LogP contribution in [0.2, 0.25) is 0 Å². The van der Waals surface area contributed by atoms with Gasteiger partial charge in [-0.25, -0.2) is 17.7 Å². The van der Waals surface area contributed by atoms with Crippen LogP contribution in [0.25, 0.3) is 10.7 Å². The minimum Gasteiger partial charge on any atom is -0.345 e. The molecular formula is C22H34N4O3S2. The quantitative estimate of drug-likeness (QED) is 0.613. The van der Waals surface area contributed by atoms with Crippen molar-refractivity contribution in [2.24, 2.45) is 7.05 Å². The number of likely N-dealkylation sites (tertiary alicyclic amines) is 1. The zero-order valence-corrected chi connectivity index (χ0v) is 20.9. The van der Waals surface area contributed by atoms with Gasteiger partial charge in [0.2, 0.25) is 10.0 Å². The van der Waals surface area contributed by atoms with E-state index in [4.69, 9.17) is 0 Å². The van der Waals surface area contributed by atoms with Crippen molar-refractivity contribution >= 4 is 27.3 Å². The molecule has 3 rings (SSSR count). The van der Waals surface area contributed by atoms with Gasteiger partial charge in [0.1, 0.15) is 14.8 Å². The number of sulfonamides is 1. The fraction of sp³-hybridized carbons (Fsp3) is 0.636. The van der Waals surface area contributed by atoms with E-state index in [-0.39, 0.29) is 5.91 Å². The second kappa shape index (κ2) is 9.83. The Kier molecular flexibility index (Phi) is 7.59. The normalized spacial score (nSPS) is 15.5. The third-order valence-electron chi connectivity index (χ3n) is 6.11. The van der Waals surface area contributed by atoms with Crippen LogP contribution in [-0.2, 0) is 17.1 Å². The molecule has 0 N–H and O–H groups in total. The molecule has 0 atom stereocenters. The molecule has 0 aromatic carbocycles. The van der Waals surface area contributed by atoms with Gasteiger partial charge in [-0.05, 0) is 39.2 Å². The molecule has 1 saturated heterocycles. The largest absolute Gasteiger partial charge is 0.345 e. The summed E-state index contributed by atoms with van der Waals surface area (Å²) >= 11 is 1.36. The zero-order chi connectivity index (χ0) is 22.8. The van der Waals surface area contributed by atoms with Gasteiger partial charge in [-0.1, -0.05) is 26.2 Å². The van der Waals surface area contributed by atoms with Crippen LogP contribution in [0.15, 0.2) is 11.0 Å². The zero-order valence-electron chi connectivity index (χ0n) is 19.3. The van der Waals surface area contributed by atoms with E-state index in [9.17, 15) is 13.2 Å². The monoisotopic (exact) mass is 466 g/mol. The number of hydrogen-bond acceptors (Lipinski definition) is 5. The highest BCUT2D eigenvalue weighted by molar-refractivity contribution is 7.89. The number of unbranched alkanes of at least 4 members (excludes halogenated alkanes) is 1. The maximum Gasteiger partial charge on any atom is 0.265 e. The van der Waals surface area contributed by atoms with Crippen molar-refractivity contribution in [1.29, 1.82) is 0 Å². The molecule has 2 aromatic rings. The number of amides is 1. The SMILES string of the molecule is CCCCN(C)S(=O)(=O)c1cc(-c2nc(C)c(C(=O)N3CCCCCC3)s2)n(C)c1C. The van der Waals surface area contributed by atoms with Gasteiger partial charge in [0.15, 0.2) is 0 Å². The summed E-state index contributed by atoms with van der Waals surface area (Å²) < 4.78 is 29.5. The Morgan fingerprint density at radius 3 is 2.45 bits per heavy atom. The number of rotatable bonds is 7. The molecule has 1 aliphatic rings. The first kappa shape index (κ1) is 23.9. The van der Waals surface area contributed by atoms with Gasteiger partial charge in [-0.2, -0.15) is 0 Å². The lowest BCUT2D eigenvalue weighted by Crippen LogP contribution is -2.31. The van der Waals surface area contributed by atoms with E-state index < -0.39 is 10.0 Å². The van der Waals surface area contributed by atoms with Crippen LogP contribution in [0.5, 0.6) is 0 Å². The number of aryl methyl sites for hydroxylation is 1. The van der Waals surface area contributed by atoms with Crippen LogP contribution < -0.4 is 0 Å². The van der Waals surface area contributed by atoms with E-state index in [0.717, 1.165) is 44.5 Å². The minimum absolute atomic E-state index is 0.0428. The van der Waals surface area contributed by atoms with Crippen LogP contribution in [0.3, 0.4) is 0 Å². The number of hydrogen-bond donors (Lipinski definition) is 0. The molecule has 172 valence electrons. The maximum absolute atomic E-state index is 13.1. The van der Waals surface area contributed by atoms with E-state index in [1.54, 1.807) is 13.1 Å². The van der Waals surface area contributed by atoms with E-state index >= 15 is 0 Å². The van der Waals surface area contributed by atoms with E-state index in [1.807, 2.05) is 37.3 Å². The van der Waals surface area contributed by atoms with Crippen LogP contribution in [0.1, 0.15) is 66.5 Å². The topological polar surface area (TPSA) is 75.5 Å². The molecule has 0 spiro atoms. The molecule has 9 heteroatoms. The first-order chi connectivity index (χ1) is 14.7. The van der Waals surface area contributed by atoms with E-state index in [0.29, 0.717) is 32.7 Å². The summed E-state index contributed by atoms with van der Waals surface area (Å²) in [6, 6.07) is 1.70. The van der Waals surface area contributed by atoms with Gasteiger partial charge in [0, 0.05) is 39.4 Å². The summed E-state index contributed by atoms with van der Waals surface area (Å²) in [5.74, 6) is 0.0428. The summed E-state index contributed by atoms with van der Waals surface area (Å²) in [4.78, 5) is 20.7. The number of carbonyl (C=O) groups is 1. The fourth-order valence-corrected chi connectivity index (χ4v) is 6.49. The van der Waals surface area contributed by atoms with Crippen molar-refractivity contribution in [2.45, 2.75) is 64.2 Å². The third-order valence-corrected chi connectivity index (χ3v) is 9.25. The summed E-state index contributed by atoms with van der Waals surface area (Å²) in [5.41, 5.74) is 2.10. The smallest absolute Gasteiger partial charge is 0.265 e. The van der Waals surface area contributed by atoms with Crippen molar-refractivity contribution in [3.63, 3.8) is 0 Å². The summed E-state index contributed by atoms with van der Waals surface area (Å²) in [6.07, 6.45) is 6.18. The Hall–Kier alpha value is -1.71. The van der Waals surface area contributed by atoms with Gasteiger partial charge < -0.3 is 9.47 Å². The average molecular weight is 467 g/mol. The Balaban J connectivity index is 1.93. The average Bonchev–Trinajstić information content (AvgIpc) is 3.12. The molecule has 3 heterocycles. The first-order valence-corrected chi connectivity index (χ1v) is 13.3. The molecule has 0 saturated carbocycles. The molecule has 0 bridgehead atoms. The predicted octanol–water partition coefficient (Wildman–Crippen LogP) is 4.20. The first-order valence-electron chi connectivity index (χ1n) is 11.1. The second-order valence-corrected chi connectivity index (χ2v) is 11.4. The van der Waals surface area contributed by atoms with Crippen LogP contribution in [0, 0.1) is 13.8 Å². The summed E-state index contributed by atoms with van der Waals surface area (Å²) in [6.45, 7) is 7.79. The highest BCUT2D eigenvalue weighted by Crippen LogP contribution is 2.34. The lowest BCUT2D eigenvalue weighted by molar-refractivity contribution is 0.0765. The number of thiazole rings is 1.